The van der Waals surface area contributed by atoms with Gasteiger partial charge in [0, 0.05) is 6.54 Å². The lowest BCUT2D eigenvalue weighted by Crippen LogP contribution is -2.38. The number of H-pyrrole nitrogens is 2. The summed E-state index contributed by atoms with van der Waals surface area (Å²) in [6, 6.07) is 35.4. The molecule has 1 fully saturated rings. The molecule has 6 aromatic rings. The number of aromatic amines is 2. The van der Waals surface area contributed by atoms with Crippen LogP contribution in [0.25, 0.3) is 33.6 Å². The van der Waals surface area contributed by atoms with Crippen LogP contribution >= 0.6 is 0 Å². The Morgan fingerprint density at radius 3 is 2.00 bits per heavy atom. The van der Waals surface area contributed by atoms with Crippen LogP contribution in [0.1, 0.15) is 48.0 Å². The highest BCUT2D eigenvalue weighted by molar-refractivity contribution is 5.83. The molecular formula is C41H41N7O3. The van der Waals surface area contributed by atoms with Gasteiger partial charge in [0.25, 0.3) is 0 Å². The van der Waals surface area contributed by atoms with E-state index in [-0.39, 0.29) is 17.9 Å². The van der Waals surface area contributed by atoms with Crippen molar-refractivity contribution < 1.29 is 14.3 Å². The Hall–Kier alpha value is -5.84. The summed E-state index contributed by atoms with van der Waals surface area (Å²) in [5.74, 6) is 1.24. The quantitative estimate of drug-likeness (QED) is 0.140. The minimum atomic E-state index is -0.532. The zero-order chi connectivity index (χ0) is 35.3. The van der Waals surface area contributed by atoms with E-state index in [1.165, 1.54) is 0 Å². The van der Waals surface area contributed by atoms with E-state index in [0.29, 0.717) is 31.2 Å². The number of hydrogen-bond acceptors (Lipinski definition) is 6. The highest BCUT2D eigenvalue weighted by Gasteiger charge is 2.33. The molecule has 0 unspecified atom stereocenters. The summed E-state index contributed by atoms with van der Waals surface area (Å²) in [4.78, 5) is 45.9. The summed E-state index contributed by atoms with van der Waals surface area (Å²) in [5, 5.41) is 3.12. The number of nitrogens with one attached hydrogen (secondary N) is 3. The highest BCUT2D eigenvalue weighted by atomic mass is 16.5. The number of aromatic nitrogens is 4. The van der Waals surface area contributed by atoms with Crippen molar-refractivity contribution in [2.45, 2.75) is 31.7 Å². The predicted molar refractivity (Wildman–Crippen MR) is 197 cm³/mol. The lowest BCUT2D eigenvalue weighted by molar-refractivity contribution is -0.136. The van der Waals surface area contributed by atoms with Gasteiger partial charge in [0.2, 0.25) is 11.8 Å². The minimum absolute atomic E-state index is 0.0147. The van der Waals surface area contributed by atoms with Crippen molar-refractivity contribution in [1.29, 1.82) is 0 Å². The molecule has 1 saturated heterocycles. The third-order valence-corrected chi connectivity index (χ3v) is 9.21. The number of rotatable bonds is 11. The van der Waals surface area contributed by atoms with Crippen molar-refractivity contribution in [3.63, 3.8) is 0 Å². The Kier molecular flexibility index (Phi) is 9.87. The number of imidazole rings is 2. The first kappa shape index (κ1) is 33.6. The first-order valence-corrected chi connectivity index (χ1v) is 17.1. The number of carbonyl (C=O) groups excluding carboxylic acids is 2. The molecule has 2 aromatic heterocycles. The number of ether oxygens (including phenoxy) is 1. The average molecular weight is 680 g/mol. The van der Waals surface area contributed by atoms with Gasteiger partial charge < -0.3 is 24.9 Å². The number of hydrogen-bond donors (Lipinski definition) is 3. The van der Waals surface area contributed by atoms with Gasteiger partial charge in [-0.25, -0.2) is 9.97 Å². The Morgan fingerprint density at radius 1 is 0.804 bits per heavy atom. The summed E-state index contributed by atoms with van der Waals surface area (Å²) >= 11 is 0. The van der Waals surface area contributed by atoms with Crippen molar-refractivity contribution in [1.82, 2.24) is 35.1 Å². The Balaban J connectivity index is 0.978. The fourth-order valence-electron chi connectivity index (χ4n) is 6.50. The van der Waals surface area contributed by atoms with Crippen molar-refractivity contribution in [2.75, 3.05) is 27.2 Å². The summed E-state index contributed by atoms with van der Waals surface area (Å²) in [6.45, 7) is 2.94. The van der Waals surface area contributed by atoms with Crippen LogP contribution in [0.5, 0.6) is 0 Å². The Labute approximate surface area is 297 Å². The standard InChI is InChI=1S/C41H41N7O3/c1-27(44-40(50)37(47(2)3)33-12-8-5-9-13-33)38-42-25-34(45-38)31-18-14-29(15-19-31)30-16-20-32(21-17-30)35-26-43-39(46-35)41-48(22-23-51-41)36(49)24-28-10-6-4-7-11-28/h4-21,25-27,37,41H,22-24H2,1-3H3,(H,42,45)(H,43,46)(H,44,50)/t27-,37+,41-/m0/s1. The largest absolute Gasteiger partial charge is 0.349 e. The SMILES string of the molecule is C[C@H](NC(=O)[C@@H](c1ccccc1)N(C)C)c1ncc(-c2ccc(-c3ccc(-c4cnc([C@@H]5OCCN5C(=O)Cc5ccccc5)[nH]4)cc3)cc2)[nH]1. The molecule has 0 saturated carbocycles. The molecule has 0 bridgehead atoms. The minimum Gasteiger partial charge on any atom is -0.349 e. The monoisotopic (exact) mass is 679 g/mol. The van der Waals surface area contributed by atoms with E-state index in [1.54, 1.807) is 17.3 Å². The first-order valence-electron chi connectivity index (χ1n) is 17.1. The number of likely N-dealkylation sites (N-methyl/N-ethyl adjacent to an activating group) is 1. The van der Waals surface area contributed by atoms with Gasteiger partial charge in [-0.3, -0.25) is 14.5 Å². The van der Waals surface area contributed by atoms with E-state index in [4.69, 9.17) is 4.74 Å². The van der Waals surface area contributed by atoms with E-state index >= 15 is 0 Å². The topological polar surface area (TPSA) is 119 Å². The summed E-state index contributed by atoms with van der Waals surface area (Å²) < 4.78 is 5.92. The van der Waals surface area contributed by atoms with Gasteiger partial charge in [-0.1, -0.05) is 109 Å². The second-order valence-corrected chi connectivity index (χ2v) is 13.0. The number of carbonyl (C=O) groups is 2. The molecule has 3 heterocycles. The van der Waals surface area contributed by atoms with Gasteiger partial charge in [0.05, 0.1) is 42.9 Å². The fourth-order valence-corrected chi connectivity index (χ4v) is 6.50. The molecule has 3 N–H and O–H groups in total. The van der Waals surface area contributed by atoms with Crippen LogP contribution in [-0.4, -0.2) is 68.8 Å². The molecule has 0 aliphatic carbocycles. The van der Waals surface area contributed by atoms with Gasteiger partial charge in [-0.2, -0.15) is 0 Å². The smallest absolute Gasteiger partial charge is 0.242 e. The van der Waals surface area contributed by atoms with Crippen molar-refractivity contribution in [3.8, 4) is 33.6 Å². The zero-order valence-electron chi connectivity index (χ0n) is 28.9. The second kappa shape index (κ2) is 15.0. The van der Waals surface area contributed by atoms with Crippen molar-refractivity contribution in [2.24, 2.45) is 0 Å². The van der Waals surface area contributed by atoms with Gasteiger partial charge in [-0.05, 0) is 54.4 Å². The molecule has 1 aliphatic rings. The second-order valence-electron chi connectivity index (χ2n) is 13.0. The van der Waals surface area contributed by atoms with Gasteiger partial charge in [0.15, 0.2) is 12.1 Å². The molecule has 10 nitrogen and oxygen atoms in total. The van der Waals surface area contributed by atoms with E-state index in [9.17, 15) is 9.59 Å². The number of amides is 2. The van der Waals surface area contributed by atoms with Gasteiger partial charge >= 0.3 is 0 Å². The number of benzene rings is 4. The normalized spacial score (nSPS) is 15.5. The van der Waals surface area contributed by atoms with Crippen LogP contribution in [0.15, 0.2) is 122 Å². The van der Waals surface area contributed by atoms with E-state index in [1.807, 2.05) is 86.6 Å². The van der Waals surface area contributed by atoms with Crippen LogP contribution in [0, 0.1) is 0 Å². The molecule has 0 spiro atoms. The average Bonchev–Trinajstić information content (AvgIpc) is 3.94. The summed E-state index contributed by atoms with van der Waals surface area (Å²) in [5.41, 5.74) is 7.80. The third-order valence-electron chi connectivity index (χ3n) is 9.21. The fraction of sp³-hybridized carbons (Fsp3) is 0.220. The van der Waals surface area contributed by atoms with E-state index in [0.717, 1.165) is 44.8 Å². The van der Waals surface area contributed by atoms with E-state index in [2.05, 4.69) is 73.8 Å². The lowest BCUT2D eigenvalue weighted by atomic mass is 10.0. The molecular weight excluding hydrogens is 638 g/mol. The summed E-state index contributed by atoms with van der Waals surface area (Å²) in [7, 11) is 3.80. The van der Waals surface area contributed by atoms with Crippen LogP contribution in [-0.2, 0) is 20.7 Å². The maximum atomic E-state index is 13.2. The molecule has 4 aromatic carbocycles. The highest BCUT2D eigenvalue weighted by Crippen LogP contribution is 2.30. The van der Waals surface area contributed by atoms with Gasteiger partial charge in [0.1, 0.15) is 11.9 Å². The van der Waals surface area contributed by atoms with Crippen LogP contribution in [0.3, 0.4) is 0 Å². The Morgan fingerprint density at radius 2 is 1.37 bits per heavy atom. The van der Waals surface area contributed by atoms with Crippen molar-refractivity contribution in [3.05, 3.63) is 144 Å². The molecule has 0 radical (unpaired) electrons. The predicted octanol–water partition coefficient (Wildman–Crippen LogP) is 6.71. The van der Waals surface area contributed by atoms with Gasteiger partial charge in [-0.15, -0.1) is 0 Å². The maximum Gasteiger partial charge on any atom is 0.242 e. The number of nitrogens with zero attached hydrogens (tertiary/aromatic N) is 4. The summed E-state index contributed by atoms with van der Waals surface area (Å²) in [6.07, 6.45) is 3.38. The molecule has 1 aliphatic heterocycles. The molecule has 7 rings (SSSR count). The van der Waals surface area contributed by atoms with Crippen LogP contribution < -0.4 is 5.32 Å². The first-order chi connectivity index (χ1) is 24.8. The molecule has 258 valence electrons. The van der Waals surface area contributed by atoms with Crippen LogP contribution in [0.2, 0.25) is 0 Å². The van der Waals surface area contributed by atoms with Crippen molar-refractivity contribution >= 4 is 11.8 Å². The molecule has 10 heteroatoms. The third kappa shape index (κ3) is 7.52. The lowest BCUT2D eigenvalue weighted by Gasteiger charge is -2.25. The maximum absolute atomic E-state index is 13.2. The molecule has 51 heavy (non-hydrogen) atoms. The zero-order valence-corrected chi connectivity index (χ0v) is 28.9. The molecule has 3 atom stereocenters. The van der Waals surface area contributed by atoms with E-state index < -0.39 is 12.3 Å². The molecule has 2 amide bonds. The Bertz CT molecular complexity index is 2070. The van der Waals surface area contributed by atoms with Crippen LogP contribution in [0.4, 0.5) is 0 Å².